The van der Waals surface area contributed by atoms with Gasteiger partial charge in [0.15, 0.2) is 21.4 Å². The molecule has 0 aliphatic rings. The lowest BCUT2D eigenvalue weighted by molar-refractivity contribution is 0.0989. The van der Waals surface area contributed by atoms with Gasteiger partial charge in [0.2, 0.25) is 7.37 Å². The number of nitrogen functional groups attached to an aromatic ring is 1. The summed E-state index contributed by atoms with van der Waals surface area (Å²) in [5.74, 6) is -0.302. The molecule has 174 valence electrons. The lowest BCUT2D eigenvalue weighted by Gasteiger charge is -2.13. The molecule has 0 radical (unpaired) electrons. The molecule has 33 heavy (non-hydrogen) atoms. The molecule has 8 nitrogen and oxygen atoms in total. The SMILES string of the molecule is CCOP(C)(=O)CS(=O)(=O)c1ccc(CC(=O)c2nc(-c3ccc(C)cc3)cnc2N)cc1. The molecule has 0 amide bonds. The molecule has 0 saturated heterocycles. The fraction of sp³-hybridized carbons (Fsp3) is 0.261. The Kier molecular flexibility index (Phi) is 7.47. The van der Waals surface area contributed by atoms with Crippen LogP contribution in [-0.2, 0) is 25.3 Å². The molecular formula is C23H26N3O5PS. The summed E-state index contributed by atoms with van der Waals surface area (Å²) in [6.45, 7) is 5.10. The van der Waals surface area contributed by atoms with Crippen molar-refractivity contribution in [1.82, 2.24) is 9.97 Å². The second-order valence-electron chi connectivity index (χ2n) is 7.77. The molecule has 1 heterocycles. The van der Waals surface area contributed by atoms with Gasteiger partial charge in [0.1, 0.15) is 11.2 Å². The maximum atomic E-state index is 12.9. The van der Waals surface area contributed by atoms with Crippen molar-refractivity contribution >= 4 is 28.8 Å². The molecule has 0 spiro atoms. The van der Waals surface area contributed by atoms with Gasteiger partial charge in [-0.3, -0.25) is 9.36 Å². The first-order valence-electron chi connectivity index (χ1n) is 10.3. The molecule has 0 fully saturated rings. The van der Waals surface area contributed by atoms with Crippen molar-refractivity contribution in [2.45, 2.75) is 25.2 Å². The summed E-state index contributed by atoms with van der Waals surface area (Å²) in [6, 6.07) is 13.5. The van der Waals surface area contributed by atoms with Crippen molar-refractivity contribution in [3.63, 3.8) is 0 Å². The van der Waals surface area contributed by atoms with Gasteiger partial charge in [-0.15, -0.1) is 0 Å². The number of sulfone groups is 1. The zero-order chi connectivity index (χ0) is 24.2. The second kappa shape index (κ2) is 9.95. The number of aromatic nitrogens is 2. The van der Waals surface area contributed by atoms with Crippen LogP contribution in [0, 0.1) is 6.92 Å². The maximum absolute atomic E-state index is 12.9. The smallest absolute Gasteiger partial charge is 0.215 e. The van der Waals surface area contributed by atoms with Crippen molar-refractivity contribution in [3.05, 3.63) is 71.5 Å². The Balaban J connectivity index is 1.78. The third-order valence-corrected chi connectivity index (χ3v) is 9.90. The van der Waals surface area contributed by atoms with Gasteiger partial charge in [0.05, 0.1) is 23.4 Å². The third-order valence-electron chi connectivity index (χ3n) is 4.87. The molecule has 1 unspecified atom stereocenters. The number of hydrogen-bond donors (Lipinski definition) is 1. The summed E-state index contributed by atoms with van der Waals surface area (Å²) in [5.41, 5.74) is 8.42. The molecule has 0 bridgehead atoms. The minimum Gasteiger partial charge on any atom is -0.382 e. The van der Waals surface area contributed by atoms with Crippen LogP contribution < -0.4 is 5.73 Å². The number of ketones is 1. The minimum absolute atomic E-state index is 0.0150. The summed E-state index contributed by atoms with van der Waals surface area (Å²) >= 11 is 0. The summed E-state index contributed by atoms with van der Waals surface area (Å²) < 4.78 is 42.5. The van der Waals surface area contributed by atoms with E-state index in [4.69, 9.17) is 10.3 Å². The van der Waals surface area contributed by atoms with Crippen molar-refractivity contribution in [1.29, 1.82) is 0 Å². The third kappa shape index (κ3) is 6.35. The Labute approximate surface area is 193 Å². The van der Waals surface area contributed by atoms with E-state index in [1.807, 2.05) is 31.2 Å². The number of aryl methyl sites for hydroxylation is 1. The van der Waals surface area contributed by atoms with Gasteiger partial charge in [-0.25, -0.2) is 18.4 Å². The number of Topliss-reactive ketones (excluding diaryl/α,β-unsaturated/α-hetero) is 1. The van der Waals surface area contributed by atoms with Gasteiger partial charge in [-0.05, 0) is 31.5 Å². The lowest BCUT2D eigenvalue weighted by Crippen LogP contribution is -2.12. The van der Waals surface area contributed by atoms with Crippen LogP contribution in [0.5, 0.6) is 0 Å². The Morgan fingerprint density at radius 2 is 1.73 bits per heavy atom. The Bertz CT molecular complexity index is 1310. The molecule has 3 rings (SSSR count). The summed E-state index contributed by atoms with van der Waals surface area (Å²) in [6.07, 6.45) is 1.49. The van der Waals surface area contributed by atoms with Crippen LogP contribution in [0.2, 0.25) is 0 Å². The van der Waals surface area contributed by atoms with E-state index in [1.165, 1.54) is 25.0 Å². The first-order valence-corrected chi connectivity index (χ1v) is 14.2. The second-order valence-corrected chi connectivity index (χ2v) is 12.8. The minimum atomic E-state index is -3.80. The number of hydrogen-bond acceptors (Lipinski definition) is 8. The van der Waals surface area contributed by atoms with Crippen LogP contribution in [0.25, 0.3) is 11.3 Å². The zero-order valence-corrected chi connectivity index (χ0v) is 20.4. The molecular weight excluding hydrogens is 461 g/mol. The van der Waals surface area contributed by atoms with Gasteiger partial charge >= 0.3 is 0 Å². The van der Waals surface area contributed by atoms with E-state index < -0.39 is 22.7 Å². The average molecular weight is 488 g/mol. The van der Waals surface area contributed by atoms with Crippen LogP contribution >= 0.6 is 7.37 Å². The quantitative estimate of drug-likeness (QED) is 0.352. The maximum Gasteiger partial charge on any atom is 0.215 e. The van der Waals surface area contributed by atoms with Crippen LogP contribution in [0.1, 0.15) is 28.5 Å². The number of carbonyl (C=O) groups excluding carboxylic acids is 1. The van der Waals surface area contributed by atoms with Crippen LogP contribution in [0.4, 0.5) is 5.82 Å². The molecule has 10 heteroatoms. The highest BCUT2D eigenvalue weighted by atomic mass is 32.2. The summed E-state index contributed by atoms with van der Waals surface area (Å²) in [4.78, 5) is 21.4. The van der Waals surface area contributed by atoms with Crippen molar-refractivity contribution in [2.24, 2.45) is 0 Å². The molecule has 0 saturated carbocycles. The van der Waals surface area contributed by atoms with Crippen LogP contribution in [-0.4, -0.2) is 42.9 Å². The van der Waals surface area contributed by atoms with Gasteiger partial charge in [-0.1, -0.05) is 42.0 Å². The standard InChI is InChI=1S/C23H26N3O5PS/c1-4-31-32(3,28)15-33(29,30)19-11-7-17(8-12-19)13-21(27)22-23(24)25-14-20(26-22)18-9-5-16(2)6-10-18/h5-12,14H,4,13,15H2,1-3H3,(H2,24,25). The Morgan fingerprint density at radius 1 is 1.09 bits per heavy atom. The first-order chi connectivity index (χ1) is 15.5. The highest BCUT2D eigenvalue weighted by Crippen LogP contribution is 2.44. The number of carbonyl (C=O) groups is 1. The van der Waals surface area contributed by atoms with E-state index >= 15 is 0 Å². The molecule has 1 aromatic heterocycles. The van der Waals surface area contributed by atoms with E-state index in [-0.39, 0.29) is 35.2 Å². The molecule has 1 atom stereocenters. The number of nitrogens with zero attached hydrogens (tertiary/aromatic N) is 2. The Hall–Kier alpha value is -2.87. The average Bonchev–Trinajstić information content (AvgIpc) is 2.74. The van der Waals surface area contributed by atoms with E-state index in [2.05, 4.69) is 9.97 Å². The number of rotatable bonds is 9. The summed E-state index contributed by atoms with van der Waals surface area (Å²) in [7, 11) is -7.06. The van der Waals surface area contributed by atoms with Crippen molar-refractivity contribution < 1.29 is 22.3 Å². The topological polar surface area (TPSA) is 129 Å². The molecule has 0 aliphatic heterocycles. The van der Waals surface area contributed by atoms with E-state index in [0.29, 0.717) is 11.3 Å². The van der Waals surface area contributed by atoms with E-state index in [1.54, 1.807) is 19.1 Å². The van der Waals surface area contributed by atoms with E-state index in [0.717, 1.165) is 11.1 Å². The monoisotopic (exact) mass is 487 g/mol. The van der Waals surface area contributed by atoms with Gasteiger partial charge in [-0.2, -0.15) is 0 Å². The highest BCUT2D eigenvalue weighted by Gasteiger charge is 2.27. The largest absolute Gasteiger partial charge is 0.382 e. The highest BCUT2D eigenvalue weighted by molar-refractivity contribution is 7.98. The number of anilines is 1. The molecule has 2 N–H and O–H groups in total. The lowest BCUT2D eigenvalue weighted by atomic mass is 10.1. The zero-order valence-electron chi connectivity index (χ0n) is 18.7. The van der Waals surface area contributed by atoms with E-state index in [9.17, 15) is 17.8 Å². The predicted molar refractivity (Wildman–Crippen MR) is 128 cm³/mol. The van der Waals surface area contributed by atoms with Crippen LogP contribution in [0.3, 0.4) is 0 Å². The predicted octanol–water partition coefficient (Wildman–Crippen LogP) is 4.14. The van der Waals surface area contributed by atoms with Crippen molar-refractivity contribution in [3.8, 4) is 11.3 Å². The fourth-order valence-corrected chi connectivity index (χ4v) is 7.71. The normalized spacial score (nSPS) is 13.4. The molecule has 3 aromatic rings. The number of benzene rings is 2. The Morgan fingerprint density at radius 3 is 2.33 bits per heavy atom. The first kappa shape index (κ1) is 24.8. The fourth-order valence-electron chi connectivity index (χ4n) is 3.24. The number of nitrogens with two attached hydrogens (primary N) is 1. The molecule has 0 aliphatic carbocycles. The summed E-state index contributed by atoms with van der Waals surface area (Å²) in [5, 5.41) is 0. The van der Waals surface area contributed by atoms with Gasteiger partial charge in [0, 0.05) is 18.6 Å². The van der Waals surface area contributed by atoms with Crippen LogP contribution in [0.15, 0.2) is 59.6 Å². The van der Waals surface area contributed by atoms with Gasteiger partial charge < -0.3 is 10.3 Å². The van der Waals surface area contributed by atoms with Crippen molar-refractivity contribution in [2.75, 3.05) is 24.5 Å². The molecule has 2 aromatic carbocycles. The van der Waals surface area contributed by atoms with Gasteiger partial charge in [0.25, 0.3) is 0 Å².